The molecule has 26 heavy (non-hydrogen) atoms. The van der Waals surface area contributed by atoms with Gasteiger partial charge in [-0.2, -0.15) is 0 Å². The molecule has 2 heterocycles. The van der Waals surface area contributed by atoms with Crippen molar-refractivity contribution in [1.29, 1.82) is 0 Å². The third-order valence-electron chi connectivity index (χ3n) is 4.93. The Morgan fingerprint density at radius 3 is 2.42 bits per heavy atom. The molecule has 1 aliphatic heterocycles. The molecule has 1 fully saturated rings. The number of amides is 1. The number of benzene rings is 2. The number of aromatic nitrogens is 1. The van der Waals surface area contributed by atoms with E-state index in [0.717, 1.165) is 42.8 Å². The molecular weight excluding hydrogens is 320 g/mol. The van der Waals surface area contributed by atoms with Crippen LogP contribution in [-0.2, 0) is 6.42 Å². The Kier molecular flexibility index (Phi) is 4.78. The molecule has 1 aliphatic rings. The number of carbonyl (C=O) groups is 1. The summed E-state index contributed by atoms with van der Waals surface area (Å²) in [5.74, 6) is 0.100. The number of hydrogen-bond donors (Lipinski definition) is 0. The van der Waals surface area contributed by atoms with Gasteiger partial charge in [-0.3, -0.25) is 9.78 Å². The number of hydrogen-bond acceptors (Lipinski definition) is 2. The Labute approximate surface area is 154 Å². The SMILES string of the molecule is O=C(c1ccccc1)N1CCC[C@H]1c1cccc(Cc2ccccc2)n1. The second-order valence-corrected chi connectivity index (χ2v) is 6.74. The fourth-order valence-corrected chi connectivity index (χ4v) is 3.65. The zero-order valence-electron chi connectivity index (χ0n) is 14.7. The van der Waals surface area contributed by atoms with Gasteiger partial charge in [0.15, 0.2) is 0 Å². The van der Waals surface area contributed by atoms with Crippen LogP contribution < -0.4 is 0 Å². The van der Waals surface area contributed by atoms with Gasteiger partial charge in [-0.1, -0.05) is 54.6 Å². The average molecular weight is 342 g/mol. The summed E-state index contributed by atoms with van der Waals surface area (Å²) in [7, 11) is 0. The van der Waals surface area contributed by atoms with Crippen molar-refractivity contribution in [2.24, 2.45) is 0 Å². The first-order chi connectivity index (χ1) is 12.8. The number of rotatable bonds is 4. The van der Waals surface area contributed by atoms with Gasteiger partial charge in [-0.25, -0.2) is 0 Å². The summed E-state index contributed by atoms with van der Waals surface area (Å²) in [5, 5.41) is 0. The van der Waals surface area contributed by atoms with Gasteiger partial charge in [0.05, 0.1) is 11.7 Å². The van der Waals surface area contributed by atoms with E-state index in [1.807, 2.05) is 41.3 Å². The lowest BCUT2D eigenvalue weighted by molar-refractivity contribution is 0.0733. The zero-order valence-corrected chi connectivity index (χ0v) is 14.7. The van der Waals surface area contributed by atoms with Crippen molar-refractivity contribution in [1.82, 2.24) is 9.88 Å². The molecule has 1 atom stereocenters. The maximum absolute atomic E-state index is 12.9. The maximum Gasteiger partial charge on any atom is 0.254 e. The molecule has 3 nitrogen and oxygen atoms in total. The van der Waals surface area contributed by atoms with Crippen molar-refractivity contribution in [3.8, 4) is 0 Å². The number of pyridine rings is 1. The Balaban J connectivity index is 1.56. The highest BCUT2D eigenvalue weighted by atomic mass is 16.2. The molecule has 4 rings (SSSR count). The molecule has 0 saturated carbocycles. The molecule has 0 unspecified atom stereocenters. The highest BCUT2D eigenvalue weighted by Crippen LogP contribution is 2.32. The van der Waals surface area contributed by atoms with Gasteiger partial charge in [0.25, 0.3) is 5.91 Å². The van der Waals surface area contributed by atoms with Crippen LogP contribution in [0.25, 0.3) is 0 Å². The fraction of sp³-hybridized carbons (Fsp3) is 0.217. The van der Waals surface area contributed by atoms with Crippen LogP contribution in [0.2, 0.25) is 0 Å². The predicted octanol–water partition coefficient (Wildman–Crippen LogP) is 4.65. The van der Waals surface area contributed by atoms with Crippen molar-refractivity contribution >= 4 is 5.91 Å². The summed E-state index contributed by atoms with van der Waals surface area (Å²) in [6, 6.07) is 26.2. The summed E-state index contributed by atoms with van der Waals surface area (Å²) >= 11 is 0. The molecule has 0 aliphatic carbocycles. The van der Waals surface area contributed by atoms with E-state index >= 15 is 0 Å². The first-order valence-electron chi connectivity index (χ1n) is 9.17. The molecule has 0 radical (unpaired) electrons. The quantitative estimate of drug-likeness (QED) is 0.691. The van der Waals surface area contributed by atoms with Gasteiger partial charge >= 0.3 is 0 Å². The summed E-state index contributed by atoms with van der Waals surface area (Å²) in [6.45, 7) is 0.795. The summed E-state index contributed by atoms with van der Waals surface area (Å²) in [4.78, 5) is 19.8. The predicted molar refractivity (Wildman–Crippen MR) is 103 cm³/mol. The van der Waals surface area contributed by atoms with E-state index in [1.54, 1.807) is 0 Å². The average Bonchev–Trinajstić information content (AvgIpc) is 3.19. The number of carbonyl (C=O) groups excluding carboxylic acids is 1. The smallest absolute Gasteiger partial charge is 0.254 e. The standard InChI is InChI=1S/C23H22N2O/c26-23(19-11-5-2-6-12-19)25-16-8-15-22(25)21-14-7-13-20(24-21)17-18-9-3-1-4-10-18/h1-7,9-14,22H,8,15-17H2/t22-/m0/s1. The van der Waals surface area contributed by atoms with Crippen molar-refractivity contribution in [2.75, 3.05) is 6.54 Å². The summed E-state index contributed by atoms with van der Waals surface area (Å²) in [6.07, 6.45) is 2.81. The van der Waals surface area contributed by atoms with Gasteiger partial charge in [0.1, 0.15) is 0 Å². The third kappa shape index (κ3) is 3.52. The van der Waals surface area contributed by atoms with Crippen LogP contribution >= 0.6 is 0 Å². The van der Waals surface area contributed by atoms with Crippen LogP contribution in [0.15, 0.2) is 78.9 Å². The lowest BCUT2D eigenvalue weighted by Gasteiger charge is -2.24. The van der Waals surface area contributed by atoms with Crippen LogP contribution in [0.5, 0.6) is 0 Å². The topological polar surface area (TPSA) is 33.2 Å². The monoisotopic (exact) mass is 342 g/mol. The molecule has 3 heteroatoms. The molecular formula is C23H22N2O. The Morgan fingerprint density at radius 2 is 1.65 bits per heavy atom. The second kappa shape index (κ2) is 7.52. The lowest BCUT2D eigenvalue weighted by Crippen LogP contribution is -2.31. The van der Waals surface area contributed by atoms with Crippen molar-refractivity contribution in [3.05, 3.63) is 101 Å². The van der Waals surface area contributed by atoms with Gasteiger partial charge in [-0.15, -0.1) is 0 Å². The second-order valence-electron chi connectivity index (χ2n) is 6.74. The zero-order chi connectivity index (χ0) is 17.8. The van der Waals surface area contributed by atoms with Crippen LogP contribution in [0.3, 0.4) is 0 Å². The number of nitrogens with zero attached hydrogens (tertiary/aromatic N) is 2. The minimum Gasteiger partial charge on any atom is -0.330 e. The molecule has 3 aromatic rings. The van der Waals surface area contributed by atoms with Crippen molar-refractivity contribution < 1.29 is 4.79 Å². The molecule has 0 N–H and O–H groups in total. The molecule has 1 aromatic heterocycles. The summed E-state index contributed by atoms with van der Waals surface area (Å²) < 4.78 is 0. The van der Waals surface area contributed by atoms with E-state index < -0.39 is 0 Å². The van der Waals surface area contributed by atoms with E-state index in [0.29, 0.717) is 0 Å². The van der Waals surface area contributed by atoms with Crippen LogP contribution in [-0.4, -0.2) is 22.3 Å². The van der Waals surface area contributed by atoms with Crippen LogP contribution in [0, 0.1) is 0 Å². The molecule has 0 spiro atoms. The molecule has 130 valence electrons. The van der Waals surface area contributed by atoms with Gasteiger partial charge in [0, 0.05) is 24.2 Å². The van der Waals surface area contributed by atoms with E-state index in [-0.39, 0.29) is 11.9 Å². The maximum atomic E-state index is 12.9. The third-order valence-corrected chi connectivity index (χ3v) is 4.93. The lowest BCUT2D eigenvalue weighted by atomic mass is 10.1. The Morgan fingerprint density at radius 1 is 0.923 bits per heavy atom. The van der Waals surface area contributed by atoms with Gasteiger partial charge in [0.2, 0.25) is 0 Å². The number of likely N-dealkylation sites (tertiary alicyclic amines) is 1. The molecule has 2 aromatic carbocycles. The minimum atomic E-state index is 0.0680. The van der Waals surface area contributed by atoms with Crippen LogP contribution in [0.4, 0.5) is 0 Å². The van der Waals surface area contributed by atoms with Gasteiger partial charge < -0.3 is 4.90 Å². The van der Waals surface area contributed by atoms with E-state index in [1.165, 1.54) is 5.56 Å². The minimum absolute atomic E-state index is 0.0680. The van der Waals surface area contributed by atoms with E-state index in [4.69, 9.17) is 4.98 Å². The van der Waals surface area contributed by atoms with Crippen molar-refractivity contribution in [2.45, 2.75) is 25.3 Å². The Hall–Kier alpha value is -2.94. The molecule has 1 saturated heterocycles. The highest BCUT2D eigenvalue weighted by Gasteiger charge is 2.31. The normalized spacial score (nSPS) is 16.6. The first kappa shape index (κ1) is 16.5. The van der Waals surface area contributed by atoms with E-state index in [9.17, 15) is 4.79 Å². The summed E-state index contributed by atoms with van der Waals surface area (Å²) in [5.41, 5.74) is 4.05. The van der Waals surface area contributed by atoms with Crippen LogP contribution in [0.1, 0.15) is 46.2 Å². The van der Waals surface area contributed by atoms with E-state index in [2.05, 4.69) is 42.5 Å². The van der Waals surface area contributed by atoms with Crippen molar-refractivity contribution in [3.63, 3.8) is 0 Å². The first-order valence-corrected chi connectivity index (χ1v) is 9.17. The fourth-order valence-electron chi connectivity index (χ4n) is 3.65. The highest BCUT2D eigenvalue weighted by molar-refractivity contribution is 5.94. The van der Waals surface area contributed by atoms with Gasteiger partial charge in [-0.05, 0) is 42.7 Å². The Bertz CT molecular complexity index is 877. The molecule has 0 bridgehead atoms. The largest absolute Gasteiger partial charge is 0.330 e. The molecule has 1 amide bonds.